The lowest BCUT2D eigenvalue weighted by molar-refractivity contribution is -0.117. The van der Waals surface area contributed by atoms with E-state index in [0.717, 1.165) is 17.8 Å². The molecule has 4 N–H and O–H groups in total. The molecule has 0 aliphatic heterocycles. The van der Waals surface area contributed by atoms with Gasteiger partial charge in [0.15, 0.2) is 0 Å². The number of nitrogens with two attached hydrogens (primary N) is 1. The molecule has 0 unspecified atom stereocenters. The second-order valence-corrected chi connectivity index (χ2v) is 4.03. The molecule has 1 aromatic rings. The highest BCUT2D eigenvalue weighted by Crippen LogP contribution is 2.14. The quantitative estimate of drug-likeness (QED) is 0.704. The van der Waals surface area contributed by atoms with Gasteiger partial charge in [0, 0.05) is 30.8 Å². The van der Waals surface area contributed by atoms with E-state index in [1.165, 1.54) is 0 Å². The molecule has 0 aromatic heterocycles. The first kappa shape index (κ1) is 14.0. The normalized spacial score (nSPS) is 9.89. The molecule has 0 aliphatic rings. The maximum absolute atomic E-state index is 11.8. The van der Waals surface area contributed by atoms with Crippen molar-refractivity contribution in [3.63, 3.8) is 0 Å². The van der Waals surface area contributed by atoms with E-state index < -0.39 is 5.91 Å². The van der Waals surface area contributed by atoms with Crippen LogP contribution in [0.1, 0.15) is 29.3 Å². The first-order chi connectivity index (χ1) is 8.54. The van der Waals surface area contributed by atoms with E-state index in [-0.39, 0.29) is 18.9 Å². The largest absolute Gasteiger partial charge is 0.385 e. The molecule has 0 aliphatic carbocycles. The topological polar surface area (TPSA) is 84.2 Å². The maximum atomic E-state index is 11.8. The van der Waals surface area contributed by atoms with Gasteiger partial charge in [0.25, 0.3) is 5.91 Å². The molecule has 0 saturated carbocycles. The van der Waals surface area contributed by atoms with E-state index in [2.05, 4.69) is 10.6 Å². The summed E-state index contributed by atoms with van der Waals surface area (Å²) >= 11 is 0. The van der Waals surface area contributed by atoms with Crippen LogP contribution >= 0.6 is 0 Å². The van der Waals surface area contributed by atoms with Crippen LogP contribution in [-0.4, -0.2) is 24.9 Å². The molecule has 0 fully saturated rings. The van der Waals surface area contributed by atoms with Gasteiger partial charge >= 0.3 is 0 Å². The Balaban J connectivity index is 2.65. The van der Waals surface area contributed by atoms with Gasteiger partial charge in [-0.3, -0.25) is 9.59 Å². The Hall–Kier alpha value is -2.04. The molecule has 0 radical (unpaired) electrons. The van der Waals surface area contributed by atoms with Crippen molar-refractivity contribution in [2.45, 2.75) is 20.3 Å². The first-order valence-electron chi connectivity index (χ1n) is 5.95. The summed E-state index contributed by atoms with van der Waals surface area (Å²) in [6, 6.07) is 5.55. The summed E-state index contributed by atoms with van der Waals surface area (Å²) < 4.78 is 0. The van der Waals surface area contributed by atoms with Crippen LogP contribution in [0, 0.1) is 6.92 Å². The van der Waals surface area contributed by atoms with Crippen LogP contribution in [0.15, 0.2) is 18.2 Å². The number of primary amides is 1. The summed E-state index contributed by atoms with van der Waals surface area (Å²) in [7, 11) is 0. The van der Waals surface area contributed by atoms with E-state index >= 15 is 0 Å². The Morgan fingerprint density at radius 2 is 2.06 bits per heavy atom. The van der Waals surface area contributed by atoms with Gasteiger partial charge < -0.3 is 16.4 Å². The summed E-state index contributed by atoms with van der Waals surface area (Å²) in [5.41, 5.74) is 7.50. The Labute approximate surface area is 107 Å². The number of carbonyl (C=O) groups is 2. The molecular weight excluding hydrogens is 230 g/mol. The van der Waals surface area contributed by atoms with Crippen LogP contribution in [0.4, 0.5) is 5.69 Å². The lowest BCUT2D eigenvalue weighted by Gasteiger charge is -2.09. The molecule has 0 bridgehead atoms. The fraction of sp³-hybridized carbons (Fsp3) is 0.385. The molecular formula is C13H19N3O2. The second-order valence-electron chi connectivity index (χ2n) is 4.03. The van der Waals surface area contributed by atoms with Gasteiger partial charge in [0.05, 0.1) is 0 Å². The molecule has 1 aromatic carbocycles. The number of carbonyl (C=O) groups excluding carboxylic acids is 2. The highest BCUT2D eigenvalue weighted by molar-refractivity contribution is 5.96. The van der Waals surface area contributed by atoms with Crippen molar-refractivity contribution < 1.29 is 9.59 Å². The molecule has 1 rings (SSSR count). The molecule has 0 heterocycles. The number of anilines is 1. The van der Waals surface area contributed by atoms with Gasteiger partial charge in [0.2, 0.25) is 5.91 Å². The van der Waals surface area contributed by atoms with Crippen molar-refractivity contribution in [3.05, 3.63) is 29.3 Å². The smallest absolute Gasteiger partial charge is 0.251 e. The monoisotopic (exact) mass is 249 g/mol. The second kappa shape index (κ2) is 6.64. The van der Waals surface area contributed by atoms with Crippen molar-refractivity contribution in [1.82, 2.24) is 5.32 Å². The molecule has 0 atom stereocenters. The highest BCUT2D eigenvalue weighted by atomic mass is 16.2. The molecule has 18 heavy (non-hydrogen) atoms. The van der Waals surface area contributed by atoms with Crippen molar-refractivity contribution in [1.29, 1.82) is 0 Å². The molecule has 0 saturated heterocycles. The van der Waals surface area contributed by atoms with E-state index in [0.29, 0.717) is 5.56 Å². The summed E-state index contributed by atoms with van der Waals surface area (Å²) in [4.78, 5) is 22.4. The summed E-state index contributed by atoms with van der Waals surface area (Å²) in [5.74, 6) is -0.605. The van der Waals surface area contributed by atoms with E-state index in [1.807, 2.05) is 26.0 Å². The zero-order chi connectivity index (χ0) is 13.5. The van der Waals surface area contributed by atoms with Crippen LogP contribution in [0.25, 0.3) is 0 Å². The minimum atomic E-state index is -0.422. The molecule has 2 amide bonds. The Morgan fingerprint density at radius 3 is 2.61 bits per heavy atom. The maximum Gasteiger partial charge on any atom is 0.251 e. The SMILES string of the molecule is CCNc1ccc(C(=O)NCCC(N)=O)c(C)c1. The highest BCUT2D eigenvalue weighted by Gasteiger charge is 2.09. The molecule has 0 spiro atoms. The minimum Gasteiger partial charge on any atom is -0.385 e. The lowest BCUT2D eigenvalue weighted by Crippen LogP contribution is -2.28. The lowest BCUT2D eigenvalue weighted by atomic mass is 10.1. The number of nitrogens with one attached hydrogen (secondary N) is 2. The number of hydrogen-bond donors (Lipinski definition) is 3. The summed E-state index contributed by atoms with van der Waals surface area (Å²) in [6.45, 7) is 5.00. The van der Waals surface area contributed by atoms with Crippen molar-refractivity contribution in [3.8, 4) is 0 Å². The fourth-order valence-electron chi connectivity index (χ4n) is 1.63. The van der Waals surface area contributed by atoms with Gasteiger partial charge in [-0.2, -0.15) is 0 Å². The van der Waals surface area contributed by atoms with E-state index in [9.17, 15) is 9.59 Å². The molecule has 5 heteroatoms. The third kappa shape index (κ3) is 4.08. The number of benzene rings is 1. The number of rotatable bonds is 6. The standard InChI is InChI=1S/C13H19N3O2/c1-3-15-10-4-5-11(9(2)8-10)13(18)16-7-6-12(14)17/h4-5,8,15H,3,6-7H2,1-2H3,(H2,14,17)(H,16,18). The van der Waals surface area contributed by atoms with Crippen LogP contribution in [0.2, 0.25) is 0 Å². The third-order valence-corrected chi connectivity index (χ3v) is 2.51. The molecule has 98 valence electrons. The van der Waals surface area contributed by atoms with E-state index in [1.54, 1.807) is 6.07 Å². The summed E-state index contributed by atoms with van der Waals surface area (Å²) in [5, 5.41) is 5.84. The average molecular weight is 249 g/mol. The van der Waals surface area contributed by atoms with Gasteiger partial charge in [0.1, 0.15) is 0 Å². The Kier molecular flexibility index (Phi) is 5.17. The predicted octanol–water partition coefficient (Wildman–Crippen LogP) is 1.03. The van der Waals surface area contributed by atoms with Crippen LogP contribution in [0.3, 0.4) is 0 Å². The Morgan fingerprint density at radius 1 is 1.33 bits per heavy atom. The van der Waals surface area contributed by atoms with E-state index in [4.69, 9.17) is 5.73 Å². The third-order valence-electron chi connectivity index (χ3n) is 2.51. The average Bonchev–Trinajstić information content (AvgIpc) is 2.28. The zero-order valence-electron chi connectivity index (χ0n) is 10.7. The van der Waals surface area contributed by atoms with Crippen molar-refractivity contribution in [2.75, 3.05) is 18.4 Å². The van der Waals surface area contributed by atoms with Crippen molar-refractivity contribution >= 4 is 17.5 Å². The van der Waals surface area contributed by atoms with Gasteiger partial charge in [-0.15, -0.1) is 0 Å². The number of aryl methyl sites for hydroxylation is 1. The summed E-state index contributed by atoms with van der Waals surface area (Å²) in [6.07, 6.45) is 0.153. The number of hydrogen-bond acceptors (Lipinski definition) is 3. The van der Waals surface area contributed by atoms with Gasteiger partial charge in [-0.1, -0.05) is 0 Å². The first-order valence-corrected chi connectivity index (χ1v) is 5.95. The van der Waals surface area contributed by atoms with Crippen LogP contribution in [0.5, 0.6) is 0 Å². The van der Waals surface area contributed by atoms with Gasteiger partial charge in [-0.25, -0.2) is 0 Å². The van der Waals surface area contributed by atoms with Crippen molar-refractivity contribution in [2.24, 2.45) is 5.73 Å². The Bertz CT molecular complexity index is 444. The fourth-order valence-corrected chi connectivity index (χ4v) is 1.63. The van der Waals surface area contributed by atoms with Crippen LogP contribution in [-0.2, 0) is 4.79 Å². The van der Waals surface area contributed by atoms with Crippen LogP contribution < -0.4 is 16.4 Å². The minimum absolute atomic E-state index is 0.153. The predicted molar refractivity (Wildman–Crippen MR) is 71.5 cm³/mol. The zero-order valence-corrected chi connectivity index (χ0v) is 10.7. The number of amides is 2. The van der Waals surface area contributed by atoms with Gasteiger partial charge in [-0.05, 0) is 37.6 Å². The molecule has 5 nitrogen and oxygen atoms in total.